The van der Waals surface area contributed by atoms with Crippen LogP contribution >= 0.6 is 0 Å². The maximum absolute atomic E-state index is 13.4. The molecular formula is C35H40N2O. The van der Waals surface area contributed by atoms with Crippen LogP contribution in [-0.2, 0) is 0 Å². The van der Waals surface area contributed by atoms with E-state index in [2.05, 4.69) is 114 Å². The fourth-order valence-corrected chi connectivity index (χ4v) is 5.89. The Morgan fingerprint density at radius 2 is 0.816 bits per heavy atom. The number of carbonyl (C=O) groups is 1. The minimum absolute atomic E-state index is 0.0413. The Labute approximate surface area is 228 Å². The zero-order valence-electron chi connectivity index (χ0n) is 24.1. The second kappa shape index (κ2) is 11.3. The third-order valence-corrected chi connectivity index (χ3v) is 7.33. The van der Waals surface area contributed by atoms with E-state index >= 15 is 0 Å². The van der Waals surface area contributed by atoms with E-state index in [1.807, 2.05) is 24.3 Å². The Kier molecular flexibility index (Phi) is 8.06. The number of hydrogen-bond acceptors (Lipinski definition) is 3. The highest BCUT2D eigenvalue weighted by atomic mass is 16.1. The lowest BCUT2D eigenvalue weighted by Gasteiger charge is -2.28. The predicted molar refractivity (Wildman–Crippen MR) is 163 cm³/mol. The molecule has 0 aromatic heterocycles. The number of ketones is 1. The Hall–Kier alpha value is -3.85. The van der Waals surface area contributed by atoms with E-state index in [1.54, 1.807) is 0 Å². The van der Waals surface area contributed by atoms with Gasteiger partial charge in [0.25, 0.3) is 0 Å². The maximum atomic E-state index is 13.4. The molecule has 0 saturated heterocycles. The first kappa shape index (κ1) is 27.2. The highest BCUT2D eigenvalue weighted by molar-refractivity contribution is 6.09. The number of anilines is 4. The van der Waals surface area contributed by atoms with E-state index in [0.717, 1.165) is 24.5 Å². The summed E-state index contributed by atoms with van der Waals surface area (Å²) in [5.74, 6) is 0.0413. The average Bonchev–Trinajstić information content (AvgIpc) is 2.88. The van der Waals surface area contributed by atoms with E-state index in [4.69, 9.17) is 0 Å². The minimum atomic E-state index is 0.0413. The van der Waals surface area contributed by atoms with Crippen molar-refractivity contribution in [3.63, 3.8) is 0 Å². The Morgan fingerprint density at radius 3 is 1.08 bits per heavy atom. The minimum Gasteiger partial charge on any atom is -0.341 e. The van der Waals surface area contributed by atoms with Crippen LogP contribution in [0.4, 0.5) is 22.7 Å². The molecule has 0 radical (unpaired) electrons. The van der Waals surface area contributed by atoms with Crippen molar-refractivity contribution < 1.29 is 4.79 Å². The van der Waals surface area contributed by atoms with Gasteiger partial charge in [0.05, 0.1) is 0 Å². The lowest BCUT2D eigenvalue weighted by atomic mass is 10.0. The van der Waals surface area contributed by atoms with Gasteiger partial charge in [0, 0.05) is 47.0 Å². The quantitative estimate of drug-likeness (QED) is 0.224. The topological polar surface area (TPSA) is 23.6 Å². The first-order chi connectivity index (χ1) is 18.1. The molecule has 0 aliphatic heterocycles. The van der Waals surface area contributed by atoms with Crippen molar-refractivity contribution in [2.75, 3.05) is 22.9 Å². The van der Waals surface area contributed by atoms with Crippen LogP contribution in [0, 0.1) is 41.5 Å². The summed E-state index contributed by atoms with van der Waals surface area (Å²) in [6.45, 7) is 19.0. The highest BCUT2D eigenvalue weighted by Gasteiger charge is 2.17. The molecule has 0 aliphatic carbocycles. The number of aryl methyl sites for hydroxylation is 6. The van der Waals surface area contributed by atoms with E-state index in [1.165, 1.54) is 44.8 Å². The molecule has 4 aromatic rings. The number of nitrogens with zero attached hydrogens (tertiary/aromatic N) is 2. The molecule has 0 heterocycles. The summed E-state index contributed by atoms with van der Waals surface area (Å²) in [4.78, 5) is 18.0. The first-order valence-corrected chi connectivity index (χ1v) is 13.6. The summed E-state index contributed by atoms with van der Waals surface area (Å²) < 4.78 is 0. The summed E-state index contributed by atoms with van der Waals surface area (Å²) in [6.07, 6.45) is 0. The van der Waals surface area contributed by atoms with Gasteiger partial charge < -0.3 is 9.80 Å². The fraction of sp³-hybridized carbons (Fsp3) is 0.286. The van der Waals surface area contributed by atoms with Crippen LogP contribution in [-0.4, -0.2) is 18.9 Å². The van der Waals surface area contributed by atoms with Crippen molar-refractivity contribution in [2.24, 2.45) is 0 Å². The van der Waals surface area contributed by atoms with Crippen molar-refractivity contribution in [3.8, 4) is 0 Å². The van der Waals surface area contributed by atoms with Gasteiger partial charge in [-0.2, -0.15) is 0 Å². The zero-order valence-corrected chi connectivity index (χ0v) is 24.1. The van der Waals surface area contributed by atoms with E-state index < -0.39 is 0 Å². The molecule has 0 N–H and O–H groups in total. The highest BCUT2D eigenvalue weighted by Crippen LogP contribution is 2.34. The Balaban J connectivity index is 1.57. The normalized spacial score (nSPS) is 10.9. The van der Waals surface area contributed by atoms with Crippen molar-refractivity contribution in [2.45, 2.75) is 55.4 Å². The number of hydrogen-bond donors (Lipinski definition) is 0. The number of carbonyl (C=O) groups excluding carboxylic acids is 1. The van der Waals surface area contributed by atoms with Gasteiger partial charge in [-0.25, -0.2) is 0 Å². The maximum Gasteiger partial charge on any atom is 0.193 e. The van der Waals surface area contributed by atoms with E-state index in [9.17, 15) is 4.79 Å². The summed E-state index contributed by atoms with van der Waals surface area (Å²) in [7, 11) is 0. The molecule has 196 valence electrons. The SMILES string of the molecule is CCN(c1ccc(C(=O)c2ccc(N(CC)c3c(C)cc(C)cc3C)cc2)cc1)c1c(C)cc(C)cc1C. The van der Waals surface area contributed by atoms with Crippen LogP contribution < -0.4 is 9.80 Å². The van der Waals surface area contributed by atoms with Gasteiger partial charge in [-0.3, -0.25) is 4.79 Å². The monoisotopic (exact) mass is 504 g/mol. The van der Waals surface area contributed by atoms with Crippen LogP contribution in [0.15, 0.2) is 72.8 Å². The van der Waals surface area contributed by atoms with Crippen LogP contribution in [0.25, 0.3) is 0 Å². The third kappa shape index (κ3) is 5.38. The fourth-order valence-electron chi connectivity index (χ4n) is 5.89. The number of rotatable bonds is 8. The molecule has 0 bridgehead atoms. The van der Waals surface area contributed by atoms with E-state index in [-0.39, 0.29) is 5.78 Å². The van der Waals surface area contributed by atoms with Gasteiger partial charge in [0.2, 0.25) is 0 Å². The molecule has 3 nitrogen and oxygen atoms in total. The molecule has 0 spiro atoms. The third-order valence-electron chi connectivity index (χ3n) is 7.33. The van der Waals surface area contributed by atoms with Gasteiger partial charge in [0.15, 0.2) is 5.78 Å². The molecule has 0 unspecified atom stereocenters. The van der Waals surface area contributed by atoms with Gasteiger partial charge in [0.1, 0.15) is 0 Å². The smallest absolute Gasteiger partial charge is 0.193 e. The molecule has 0 atom stereocenters. The van der Waals surface area contributed by atoms with Crippen LogP contribution in [0.2, 0.25) is 0 Å². The van der Waals surface area contributed by atoms with E-state index in [0.29, 0.717) is 11.1 Å². The number of benzene rings is 4. The van der Waals surface area contributed by atoms with Crippen LogP contribution in [0.1, 0.15) is 63.1 Å². The van der Waals surface area contributed by atoms with Gasteiger partial charge >= 0.3 is 0 Å². The molecule has 0 fully saturated rings. The molecule has 0 saturated carbocycles. The Bertz CT molecular complexity index is 1290. The average molecular weight is 505 g/mol. The first-order valence-electron chi connectivity index (χ1n) is 13.6. The zero-order chi connectivity index (χ0) is 27.6. The second-order valence-corrected chi connectivity index (χ2v) is 10.4. The molecule has 4 rings (SSSR count). The van der Waals surface area contributed by atoms with Crippen molar-refractivity contribution in [1.82, 2.24) is 0 Å². The van der Waals surface area contributed by atoms with Crippen molar-refractivity contribution in [1.29, 1.82) is 0 Å². The summed E-state index contributed by atoms with van der Waals surface area (Å²) in [6, 6.07) is 25.0. The molecule has 0 aliphatic rings. The van der Waals surface area contributed by atoms with Gasteiger partial charge in [-0.15, -0.1) is 0 Å². The molecular weight excluding hydrogens is 464 g/mol. The van der Waals surface area contributed by atoms with Crippen molar-refractivity contribution >= 4 is 28.5 Å². The molecule has 4 aromatic carbocycles. The predicted octanol–water partition coefficient (Wildman–Crippen LogP) is 9.08. The molecule has 0 amide bonds. The largest absolute Gasteiger partial charge is 0.341 e. The summed E-state index contributed by atoms with van der Waals surface area (Å²) in [5, 5.41) is 0. The van der Waals surface area contributed by atoms with Crippen molar-refractivity contribution in [3.05, 3.63) is 117 Å². The summed E-state index contributed by atoms with van der Waals surface area (Å²) in [5.41, 5.74) is 13.7. The van der Waals surface area contributed by atoms with Gasteiger partial charge in [-0.05, 0) is 126 Å². The van der Waals surface area contributed by atoms with Crippen LogP contribution in [0.3, 0.4) is 0 Å². The van der Waals surface area contributed by atoms with Crippen LogP contribution in [0.5, 0.6) is 0 Å². The molecule has 38 heavy (non-hydrogen) atoms. The summed E-state index contributed by atoms with van der Waals surface area (Å²) >= 11 is 0. The standard InChI is InChI=1S/C35H40N2O/c1-9-36(33-25(5)19-23(3)20-26(33)6)31-15-11-29(12-16-31)35(38)30-13-17-32(18-14-30)37(10-2)34-27(7)21-24(4)22-28(34)8/h11-22H,9-10H2,1-8H3. The lowest BCUT2D eigenvalue weighted by Crippen LogP contribution is -2.19. The van der Waals surface area contributed by atoms with Gasteiger partial charge in [-0.1, -0.05) is 35.4 Å². The Morgan fingerprint density at radius 1 is 0.526 bits per heavy atom. The second-order valence-electron chi connectivity index (χ2n) is 10.4. The molecule has 3 heteroatoms. The lowest BCUT2D eigenvalue weighted by molar-refractivity contribution is 0.103.